The lowest BCUT2D eigenvalue weighted by atomic mass is 10.1. The molecule has 2 aromatic carbocycles. The molecule has 2 rings (SSSR count). The Morgan fingerprint density at radius 1 is 1.11 bits per heavy atom. The van der Waals surface area contributed by atoms with Gasteiger partial charge in [0.1, 0.15) is 12.4 Å². The van der Waals surface area contributed by atoms with E-state index in [9.17, 15) is 13.2 Å². The highest BCUT2D eigenvalue weighted by atomic mass is 32.2. The van der Waals surface area contributed by atoms with E-state index in [0.717, 1.165) is 28.7 Å². The average Bonchev–Trinajstić information content (AvgIpc) is 2.61. The maximum atomic E-state index is 12.4. The van der Waals surface area contributed by atoms with E-state index in [-0.39, 0.29) is 25.0 Å². The number of amides is 1. The van der Waals surface area contributed by atoms with Crippen molar-refractivity contribution in [3.8, 4) is 5.75 Å². The molecule has 2 aromatic rings. The predicted molar refractivity (Wildman–Crippen MR) is 111 cm³/mol. The highest BCUT2D eigenvalue weighted by molar-refractivity contribution is 7.88. The molecule has 1 amide bonds. The Morgan fingerprint density at radius 3 is 2.36 bits per heavy atom. The summed E-state index contributed by atoms with van der Waals surface area (Å²) in [4.78, 5) is 12.4. The largest absolute Gasteiger partial charge is 0.491 e. The van der Waals surface area contributed by atoms with Gasteiger partial charge in [0.25, 0.3) is 0 Å². The first kappa shape index (κ1) is 21.9. The van der Waals surface area contributed by atoms with E-state index in [1.54, 1.807) is 0 Å². The van der Waals surface area contributed by atoms with Crippen molar-refractivity contribution in [2.45, 2.75) is 33.4 Å². The quantitative estimate of drug-likeness (QED) is 0.697. The molecule has 1 atom stereocenters. The molecule has 0 aromatic heterocycles. The molecule has 0 aliphatic carbocycles. The Labute approximate surface area is 167 Å². The van der Waals surface area contributed by atoms with Gasteiger partial charge in [-0.25, -0.2) is 8.42 Å². The van der Waals surface area contributed by atoms with E-state index in [0.29, 0.717) is 6.61 Å². The second-order valence-corrected chi connectivity index (χ2v) is 9.04. The van der Waals surface area contributed by atoms with E-state index >= 15 is 0 Å². The molecule has 0 bridgehead atoms. The highest BCUT2D eigenvalue weighted by Crippen LogP contribution is 2.16. The Balaban J connectivity index is 1.91. The normalized spacial score (nSPS) is 12.6. The van der Waals surface area contributed by atoms with Crippen LogP contribution in [-0.2, 0) is 21.4 Å². The van der Waals surface area contributed by atoms with Gasteiger partial charge in [0, 0.05) is 6.54 Å². The van der Waals surface area contributed by atoms with Gasteiger partial charge in [0.15, 0.2) is 0 Å². The van der Waals surface area contributed by atoms with Crippen LogP contribution < -0.4 is 10.1 Å². The van der Waals surface area contributed by atoms with Gasteiger partial charge >= 0.3 is 0 Å². The molecule has 0 aliphatic rings. The number of benzene rings is 2. The van der Waals surface area contributed by atoms with Crippen LogP contribution in [0.4, 0.5) is 0 Å². The Kier molecular flexibility index (Phi) is 7.60. The van der Waals surface area contributed by atoms with E-state index in [1.807, 2.05) is 69.3 Å². The molecule has 28 heavy (non-hydrogen) atoms. The fourth-order valence-corrected chi connectivity index (χ4v) is 3.38. The van der Waals surface area contributed by atoms with E-state index in [1.165, 1.54) is 4.31 Å². The molecule has 7 heteroatoms. The Hall–Kier alpha value is -2.38. The van der Waals surface area contributed by atoms with Crippen LogP contribution in [0.2, 0.25) is 0 Å². The fraction of sp³-hybridized carbons (Fsp3) is 0.381. The zero-order valence-electron chi connectivity index (χ0n) is 16.8. The predicted octanol–water partition coefficient (Wildman–Crippen LogP) is 2.65. The molecule has 1 N–H and O–H groups in total. The van der Waals surface area contributed by atoms with Crippen molar-refractivity contribution >= 4 is 15.9 Å². The third kappa shape index (κ3) is 6.98. The molecule has 0 heterocycles. The molecule has 0 saturated heterocycles. The zero-order valence-corrected chi connectivity index (χ0v) is 17.6. The molecule has 0 unspecified atom stereocenters. The van der Waals surface area contributed by atoms with E-state index < -0.39 is 10.0 Å². The van der Waals surface area contributed by atoms with Gasteiger partial charge in [-0.05, 0) is 38.0 Å². The number of hydrogen-bond acceptors (Lipinski definition) is 4. The smallest absolute Gasteiger partial charge is 0.235 e. The topological polar surface area (TPSA) is 75.7 Å². The summed E-state index contributed by atoms with van der Waals surface area (Å²) in [7, 11) is -3.52. The minimum atomic E-state index is -3.52. The van der Waals surface area contributed by atoms with Crippen molar-refractivity contribution < 1.29 is 17.9 Å². The summed E-state index contributed by atoms with van der Waals surface area (Å²) in [6, 6.07) is 15.0. The maximum absolute atomic E-state index is 12.4. The lowest BCUT2D eigenvalue weighted by molar-refractivity contribution is -0.122. The van der Waals surface area contributed by atoms with Crippen LogP contribution in [-0.4, -0.2) is 44.1 Å². The first-order valence-electron chi connectivity index (χ1n) is 9.13. The molecule has 0 saturated carbocycles. The summed E-state index contributed by atoms with van der Waals surface area (Å²) < 4.78 is 31.1. The summed E-state index contributed by atoms with van der Waals surface area (Å²) in [6.45, 7) is 5.95. The van der Waals surface area contributed by atoms with Gasteiger partial charge in [-0.2, -0.15) is 4.31 Å². The molecule has 6 nitrogen and oxygen atoms in total. The molecule has 0 aliphatic heterocycles. The van der Waals surface area contributed by atoms with Crippen LogP contribution in [0.5, 0.6) is 5.75 Å². The fourth-order valence-electron chi connectivity index (χ4n) is 2.64. The second kappa shape index (κ2) is 9.71. The number of para-hydroxylation sites is 1. The first-order chi connectivity index (χ1) is 13.1. The number of nitrogens with zero attached hydrogens (tertiary/aromatic N) is 1. The van der Waals surface area contributed by atoms with Crippen molar-refractivity contribution in [1.29, 1.82) is 0 Å². The van der Waals surface area contributed by atoms with Gasteiger partial charge in [-0.3, -0.25) is 4.79 Å². The molecular weight excluding hydrogens is 376 g/mol. The number of sulfonamides is 1. The summed E-state index contributed by atoms with van der Waals surface area (Å²) in [5.41, 5.74) is 2.94. The van der Waals surface area contributed by atoms with Crippen LogP contribution in [0, 0.1) is 13.8 Å². The number of hydrogen-bond donors (Lipinski definition) is 1. The monoisotopic (exact) mass is 404 g/mol. The number of rotatable bonds is 9. The minimum Gasteiger partial charge on any atom is -0.491 e. The molecule has 0 fully saturated rings. The average molecular weight is 405 g/mol. The van der Waals surface area contributed by atoms with Crippen molar-refractivity contribution in [3.63, 3.8) is 0 Å². The lowest BCUT2D eigenvalue weighted by Gasteiger charge is -2.21. The Morgan fingerprint density at radius 2 is 1.75 bits per heavy atom. The van der Waals surface area contributed by atoms with Gasteiger partial charge in [-0.1, -0.05) is 48.0 Å². The summed E-state index contributed by atoms with van der Waals surface area (Å²) in [6.07, 6.45) is 1.11. The van der Waals surface area contributed by atoms with E-state index in [4.69, 9.17) is 4.74 Å². The molecular formula is C21H28N2O4S. The highest BCUT2D eigenvalue weighted by Gasteiger charge is 2.21. The molecule has 0 radical (unpaired) electrons. The number of nitrogens with one attached hydrogen (secondary N) is 1. The van der Waals surface area contributed by atoms with Crippen molar-refractivity contribution in [2.24, 2.45) is 0 Å². The van der Waals surface area contributed by atoms with Gasteiger partial charge < -0.3 is 10.1 Å². The number of ether oxygens (including phenoxy) is 1. The Bertz CT molecular complexity index is 895. The van der Waals surface area contributed by atoms with Gasteiger partial charge in [0.2, 0.25) is 15.9 Å². The van der Waals surface area contributed by atoms with Gasteiger partial charge in [-0.15, -0.1) is 0 Å². The summed E-state index contributed by atoms with van der Waals surface area (Å²) >= 11 is 0. The summed E-state index contributed by atoms with van der Waals surface area (Å²) in [5, 5.41) is 2.80. The standard InChI is InChI=1S/C21H28N2O4S/c1-16-9-11-19(12-10-16)13-23(28(4,25)26)14-21(24)22-18(3)15-27-20-8-6-5-7-17(20)2/h5-12,18H,13-15H2,1-4H3,(H,22,24)/t18-/m0/s1. The van der Waals surface area contributed by atoms with Crippen LogP contribution in [0.15, 0.2) is 48.5 Å². The number of carbonyl (C=O) groups is 1. The van der Waals surface area contributed by atoms with Crippen molar-refractivity contribution in [3.05, 3.63) is 65.2 Å². The SMILES string of the molecule is Cc1ccc(CN(CC(=O)N[C@@H](C)COc2ccccc2C)S(C)(=O)=O)cc1. The summed E-state index contributed by atoms with van der Waals surface area (Å²) in [5.74, 6) is 0.402. The minimum absolute atomic E-state index is 0.153. The molecule has 152 valence electrons. The van der Waals surface area contributed by atoms with Crippen LogP contribution in [0.3, 0.4) is 0 Å². The number of carbonyl (C=O) groups excluding carboxylic acids is 1. The van der Waals surface area contributed by atoms with Crippen LogP contribution >= 0.6 is 0 Å². The van der Waals surface area contributed by atoms with Gasteiger partial charge in [0.05, 0.1) is 18.8 Å². The third-order valence-corrected chi connectivity index (χ3v) is 5.45. The van der Waals surface area contributed by atoms with E-state index in [2.05, 4.69) is 5.32 Å². The van der Waals surface area contributed by atoms with Crippen LogP contribution in [0.25, 0.3) is 0 Å². The second-order valence-electron chi connectivity index (χ2n) is 7.06. The van der Waals surface area contributed by atoms with Crippen LogP contribution in [0.1, 0.15) is 23.6 Å². The lowest BCUT2D eigenvalue weighted by Crippen LogP contribution is -2.44. The zero-order chi connectivity index (χ0) is 20.7. The third-order valence-electron chi connectivity index (χ3n) is 4.26. The number of aryl methyl sites for hydroxylation is 2. The molecule has 0 spiro atoms. The first-order valence-corrected chi connectivity index (χ1v) is 11.0. The van der Waals surface area contributed by atoms with Crippen molar-refractivity contribution in [1.82, 2.24) is 9.62 Å². The maximum Gasteiger partial charge on any atom is 0.235 e. The van der Waals surface area contributed by atoms with Crippen molar-refractivity contribution in [2.75, 3.05) is 19.4 Å².